The summed E-state index contributed by atoms with van der Waals surface area (Å²) in [4.78, 5) is 52.0. The van der Waals surface area contributed by atoms with Crippen molar-refractivity contribution in [3.63, 3.8) is 0 Å². The predicted octanol–water partition coefficient (Wildman–Crippen LogP) is 2.42. The number of methoxy groups -OCH3 is 3. The molecule has 1 aliphatic carbocycles. The number of carboxylic acids is 1. The van der Waals surface area contributed by atoms with Crippen molar-refractivity contribution in [3.8, 4) is 34.5 Å². The van der Waals surface area contributed by atoms with Crippen molar-refractivity contribution in [1.29, 1.82) is 0 Å². The number of aliphatic carboxylic acids is 1. The molecule has 0 aromatic heterocycles. The number of carbonyl (C=O) groups is 4. The van der Waals surface area contributed by atoms with Gasteiger partial charge in [-0.1, -0.05) is 0 Å². The van der Waals surface area contributed by atoms with E-state index in [0.29, 0.717) is 0 Å². The van der Waals surface area contributed by atoms with Crippen LogP contribution in [0.4, 0.5) is 0 Å². The van der Waals surface area contributed by atoms with E-state index >= 15 is 0 Å². The van der Waals surface area contributed by atoms with E-state index in [1.807, 2.05) is 0 Å². The molecule has 15 nitrogen and oxygen atoms in total. The zero-order chi connectivity index (χ0) is 33.8. The highest BCUT2D eigenvalue weighted by Crippen LogP contribution is 2.37. The molecule has 1 saturated carbocycles. The number of aromatic hydroxyl groups is 3. The fourth-order valence-corrected chi connectivity index (χ4v) is 4.78. The molecule has 244 valence electrons. The van der Waals surface area contributed by atoms with Gasteiger partial charge in [0.05, 0.1) is 38.0 Å². The molecule has 46 heavy (non-hydrogen) atoms. The fourth-order valence-electron chi connectivity index (χ4n) is 4.78. The summed E-state index contributed by atoms with van der Waals surface area (Å²) in [7, 11) is 3.74. The van der Waals surface area contributed by atoms with Gasteiger partial charge in [-0.05, 0) is 54.6 Å². The van der Waals surface area contributed by atoms with E-state index in [9.17, 15) is 44.7 Å². The number of ether oxygens (including phenoxy) is 6. The molecular formula is C31H30O15. The molecule has 0 saturated heterocycles. The minimum absolute atomic E-state index is 0.0770. The first kappa shape index (κ1) is 33.2. The molecule has 4 rings (SSSR count). The highest BCUT2D eigenvalue weighted by atomic mass is 16.6. The van der Waals surface area contributed by atoms with Crippen LogP contribution in [0.3, 0.4) is 0 Å². The lowest BCUT2D eigenvalue weighted by Gasteiger charge is -2.42. The number of carboxylic acid groups (broad SMARTS) is 1. The van der Waals surface area contributed by atoms with Gasteiger partial charge in [-0.3, -0.25) is 0 Å². The highest BCUT2D eigenvalue weighted by molar-refractivity contribution is 5.92. The van der Waals surface area contributed by atoms with E-state index in [1.54, 1.807) is 0 Å². The molecule has 0 aliphatic heterocycles. The van der Waals surface area contributed by atoms with Gasteiger partial charge in [-0.15, -0.1) is 0 Å². The Hall–Kier alpha value is -5.70. The maximum Gasteiger partial charge on any atom is 0.338 e. The highest BCUT2D eigenvalue weighted by Gasteiger charge is 2.54. The van der Waals surface area contributed by atoms with Crippen LogP contribution < -0.4 is 14.2 Å². The second-order valence-corrected chi connectivity index (χ2v) is 10.2. The molecule has 1 aliphatic rings. The SMILES string of the molecule is COc1cc(C(=O)OC2CC(O)(C(=O)O)CC(OC(=O)c3ccc(O)c(OC)c3)C2OC(=O)c2ccc(O)c(OC)c2)ccc1O. The Morgan fingerprint density at radius 3 is 1.24 bits per heavy atom. The third-order valence-electron chi connectivity index (χ3n) is 7.21. The van der Waals surface area contributed by atoms with Gasteiger partial charge >= 0.3 is 23.9 Å². The Kier molecular flexibility index (Phi) is 9.76. The monoisotopic (exact) mass is 642 g/mol. The summed E-state index contributed by atoms with van der Waals surface area (Å²) in [5.74, 6) is -6.07. The van der Waals surface area contributed by atoms with E-state index in [4.69, 9.17) is 28.4 Å². The number of phenolic OH excluding ortho intramolecular Hbond substituents is 3. The van der Waals surface area contributed by atoms with Crippen molar-refractivity contribution in [3.05, 3.63) is 71.3 Å². The van der Waals surface area contributed by atoms with Crippen molar-refractivity contribution in [1.82, 2.24) is 0 Å². The molecule has 0 bridgehead atoms. The van der Waals surface area contributed by atoms with Crippen LogP contribution in [0.15, 0.2) is 54.6 Å². The summed E-state index contributed by atoms with van der Waals surface area (Å²) in [6.45, 7) is 0. The molecule has 3 aromatic carbocycles. The van der Waals surface area contributed by atoms with Crippen molar-refractivity contribution >= 4 is 23.9 Å². The number of carbonyl (C=O) groups excluding carboxylic acids is 3. The first-order valence-electron chi connectivity index (χ1n) is 13.5. The van der Waals surface area contributed by atoms with Gasteiger partial charge in [0.2, 0.25) is 0 Å². The topological polar surface area (TPSA) is 225 Å². The van der Waals surface area contributed by atoms with Crippen LogP contribution in [-0.2, 0) is 19.0 Å². The molecular weight excluding hydrogens is 612 g/mol. The Morgan fingerprint density at radius 2 is 0.935 bits per heavy atom. The summed E-state index contributed by atoms with van der Waals surface area (Å²) in [6, 6.07) is 10.5. The molecule has 5 N–H and O–H groups in total. The smallest absolute Gasteiger partial charge is 0.338 e. The summed E-state index contributed by atoms with van der Waals surface area (Å²) in [5, 5.41) is 50.7. The zero-order valence-electron chi connectivity index (χ0n) is 24.7. The molecule has 15 heteroatoms. The standard InChI is InChI=1S/C31H30O15/c1-41-21-10-15(4-7-18(21)32)27(35)44-24-13-31(40,30(38)39)14-25(45-28(36)16-5-8-19(33)22(11-16)42-2)26(24)46-29(37)17-6-9-20(34)23(12-17)43-3/h4-12,24-26,32-34,40H,13-14H2,1-3H3,(H,38,39). The number of phenols is 3. The Bertz CT molecular complexity index is 1570. The predicted molar refractivity (Wildman–Crippen MR) is 153 cm³/mol. The first-order chi connectivity index (χ1) is 21.8. The van der Waals surface area contributed by atoms with Crippen LogP contribution in [0.1, 0.15) is 43.9 Å². The molecule has 2 unspecified atom stereocenters. The molecule has 3 aromatic rings. The van der Waals surface area contributed by atoms with Crippen molar-refractivity contribution in [2.75, 3.05) is 21.3 Å². The molecule has 0 radical (unpaired) electrons. The Balaban J connectivity index is 1.74. The average Bonchev–Trinajstić information content (AvgIpc) is 3.03. The summed E-state index contributed by atoms with van der Waals surface area (Å²) in [5.41, 5.74) is -3.08. The third kappa shape index (κ3) is 6.99. The van der Waals surface area contributed by atoms with Crippen molar-refractivity contribution in [2.24, 2.45) is 0 Å². The van der Waals surface area contributed by atoms with E-state index in [1.165, 1.54) is 39.5 Å². The van der Waals surface area contributed by atoms with Gasteiger partial charge in [0.1, 0.15) is 12.2 Å². The maximum atomic E-state index is 13.3. The van der Waals surface area contributed by atoms with Gasteiger partial charge in [0, 0.05) is 12.8 Å². The minimum Gasteiger partial charge on any atom is -0.504 e. The Morgan fingerprint density at radius 1 is 0.609 bits per heavy atom. The van der Waals surface area contributed by atoms with E-state index in [-0.39, 0.29) is 51.2 Å². The lowest BCUT2D eigenvalue weighted by atomic mass is 9.79. The van der Waals surface area contributed by atoms with Crippen molar-refractivity contribution in [2.45, 2.75) is 36.8 Å². The quantitative estimate of drug-likeness (QED) is 0.158. The maximum absolute atomic E-state index is 13.3. The van der Waals surface area contributed by atoms with Gasteiger partial charge in [-0.2, -0.15) is 0 Å². The zero-order valence-corrected chi connectivity index (χ0v) is 24.7. The fraction of sp³-hybridized carbons (Fsp3) is 0.290. The number of hydrogen-bond donors (Lipinski definition) is 5. The van der Waals surface area contributed by atoms with Crippen LogP contribution in [0.25, 0.3) is 0 Å². The second-order valence-electron chi connectivity index (χ2n) is 10.2. The van der Waals surface area contributed by atoms with E-state index in [2.05, 4.69) is 0 Å². The lowest BCUT2D eigenvalue weighted by molar-refractivity contribution is -0.188. The van der Waals surface area contributed by atoms with Crippen LogP contribution in [0.5, 0.6) is 34.5 Å². The van der Waals surface area contributed by atoms with Crippen LogP contribution in [0.2, 0.25) is 0 Å². The minimum atomic E-state index is -2.63. The van der Waals surface area contributed by atoms with Gasteiger partial charge in [-0.25, -0.2) is 19.2 Å². The largest absolute Gasteiger partial charge is 0.504 e. The van der Waals surface area contributed by atoms with Crippen LogP contribution in [-0.4, -0.2) is 94.7 Å². The lowest BCUT2D eigenvalue weighted by Crippen LogP contribution is -2.59. The Labute approximate surface area is 261 Å². The summed E-state index contributed by atoms with van der Waals surface area (Å²) < 4.78 is 31.8. The molecule has 0 spiro atoms. The van der Waals surface area contributed by atoms with Crippen molar-refractivity contribution < 1.29 is 73.1 Å². The number of benzene rings is 3. The van der Waals surface area contributed by atoms with E-state index in [0.717, 1.165) is 36.4 Å². The molecule has 2 atom stereocenters. The molecule has 1 fully saturated rings. The molecule has 0 amide bonds. The summed E-state index contributed by atoms with van der Waals surface area (Å²) >= 11 is 0. The van der Waals surface area contributed by atoms with Crippen LogP contribution in [0, 0.1) is 0 Å². The number of aliphatic hydroxyl groups is 1. The molecule has 0 heterocycles. The second kappa shape index (κ2) is 13.5. The normalized spacial score (nSPS) is 20.6. The summed E-state index contributed by atoms with van der Waals surface area (Å²) in [6.07, 6.45) is -6.69. The van der Waals surface area contributed by atoms with E-state index < -0.39 is 60.6 Å². The van der Waals surface area contributed by atoms with Gasteiger partial charge in [0.15, 0.2) is 46.2 Å². The number of rotatable bonds is 10. The number of esters is 3. The number of hydrogen-bond acceptors (Lipinski definition) is 14. The van der Waals surface area contributed by atoms with Gasteiger partial charge in [0.25, 0.3) is 0 Å². The first-order valence-corrected chi connectivity index (χ1v) is 13.5. The van der Waals surface area contributed by atoms with Gasteiger partial charge < -0.3 is 54.0 Å². The van der Waals surface area contributed by atoms with Crippen LogP contribution >= 0.6 is 0 Å². The average molecular weight is 643 g/mol. The third-order valence-corrected chi connectivity index (χ3v) is 7.21.